The maximum atomic E-state index is 13.2. The van der Waals surface area contributed by atoms with Crippen LogP contribution >= 0.6 is 22.9 Å². The van der Waals surface area contributed by atoms with Gasteiger partial charge in [-0.3, -0.25) is 9.48 Å². The Kier molecular flexibility index (Phi) is 7.50. The third-order valence-electron chi connectivity index (χ3n) is 4.83. The number of carbonyl (C=O) groups is 3. The summed E-state index contributed by atoms with van der Waals surface area (Å²) in [5, 5.41) is 6.39. The van der Waals surface area contributed by atoms with E-state index in [9.17, 15) is 23.2 Å². The molecular weight excluding hydrogens is 468 g/mol. The number of ether oxygens (including phenoxy) is 2. The zero-order chi connectivity index (χ0) is 23.6. The number of alkyl halides is 2. The Morgan fingerprint density at radius 2 is 2.00 bits per heavy atom. The van der Waals surface area contributed by atoms with Gasteiger partial charge in [-0.15, -0.1) is 11.3 Å². The van der Waals surface area contributed by atoms with Gasteiger partial charge >= 0.3 is 11.9 Å². The van der Waals surface area contributed by atoms with Gasteiger partial charge in [0.1, 0.15) is 22.1 Å². The van der Waals surface area contributed by atoms with Gasteiger partial charge < -0.3 is 14.8 Å². The molecule has 0 unspecified atom stereocenters. The largest absolute Gasteiger partial charge is 0.465 e. The van der Waals surface area contributed by atoms with Gasteiger partial charge in [0.05, 0.1) is 30.0 Å². The van der Waals surface area contributed by atoms with Crippen LogP contribution in [0.1, 0.15) is 75.5 Å². The minimum atomic E-state index is -2.87. The first-order chi connectivity index (χ1) is 15.2. The zero-order valence-corrected chi connectivity index (χ0v) is 19.2. The van der Waals surface area contributed by atoms with E-state index in [-0.39, 0.29) is 39.5 Å². The first-order valence-corrected chi connectivity index (χ1v) is 11.1. The summed E-state index contributed by atoms with van der Waals surface area (Å²) < 4.78 is 37.6. The van der Waals surface area contributed by atoms with E-state index < -0.39 is 30.0 Å². The van der Waals surface area contributed by atoms with Crippen LogP contribution in [0.15, 0.2) is 0 Å². The van der Waals surface area contributed by atoms with Crippen molar-refractivity contribution < 1.29 is 32.6 Å². The van der Waals surface area contributed by atoms with Crippen molar-refractivity contribution in [3.05, 3.63) is 32.4 Å². The molecule has 174 valence electrons. The lowest BCUT2D eigenvalue weighted by atomic mass is 10.1. The number of halogens is 3. The van der Waals surface area contributed by atoms with Crippen LogP contribution in [0.5, 0.6) is 0 Å². The van der Waals surface area contributed by atoms with Crippen LogP contribution < -0.4 is 5.32 Å². The summed E-state index contributed by atoms with van der Waals surface area (Å²) in [5.41, 5.74) is 0.202. The van der Waals surface area contributed by atoms with Gasteiger partial charge in [0, 0.05) is 5.92 Å². The lowest BCUT2D eigenvalue weighted by Gasteiger charge is -2.09. The minimum Gasteiger partial charge on any atom is -0.465 e. The van der Waals surface area contributed by atoms with Crippen LogP contribution in [0.2, 0.25) is 5.02 Å². The predicted molar refractivity (Wildman–Crippen MR) is 114 cm³/mol. The topological polar surface area (TPSA) is 99.5 Å². The number of aromatic nitrogens is 2. The molecule has 1 aliphatic rings. The number of methoxy groups -OCH3 is 1. The molecular formula is C20H22ClF2N3O5S. The fourth-order valence-corrected chi connectivity index (χ4v) is 4.68. The number of carbonyl (C=O) groups excluding carboxylic acids is 3. The molecule has 0 aromatic carbocycles. The summed E-state index contributed by atoms with van der Waals surface area (Å²) in [7, 11) is 1.20. The predicted octanol–water partition coefficient (Wildman–Crippen LogP) is 4.71. The van der Waals surface area contributed by atoms with Gasteiger partial charge in [0.15, 0.2) is 0 Å². The lowest BCUT2D eigenvalue weighted by Crippen LogP contribution is -2.22. The fraction of sp³-hybridized carbons (Fsp3) is 0.500. The van der Waals surface area contributed by atoms with Crippen molar-refractivity contribution in [1.82, 2.24) is 9.78 Å². The van der Waals surface area contributed by atoms with E-state index in [2.05, 4.69) is 10.4 Å². The monoisotopic (exact) mass is 489 g/mol. The van der Waals surface area contributed by atoms with Crippen molar-refractivity contribution in [2.45, 2.75) is 52.0 Å². The molecule has 1 aliphatic carbocycles. The van der Waals surface area contributed by atoms with Crippen LogP contribution in [0.4, 0.5) is 13.8 Å². The average molecular weight is 490 g/mol. The van der Waals surface area contributed by atoms with Crippen molar-refractivity contribution >= 4 is 45.8 Å². The summed E-state index contributed by atoms with van der Waals surface area (Å²) in [6.45, 7) is 3.17. The van der Waals surface area contributed by atoms with Crippen molar-refractivity contribution in [3.63, 3.8) is 0 Å². The average Bonchev–Trinajstić information content (AvgIpc) is 3.45. The molecule has 0 radical (unpaired) electrons. The molecule has 2 aromatic heterocycles. The molecule has 1 N–H and O–H groups in total. The maximum Gasteiger partial charge on any atom is 0.348 e. The number of anilines is 1. The smallest absolute Gasteiger partial charge is 0.348 e. The van der Waals surface area contributed by atoms with E-state index in [4.69, 9.17) is 21.1 Å². The van der Waals surface area contributed by atoms with Crippen molar-refractivity contribution in [2.24, 2.45) is 0 Å². The Balaban J connectivity index is 1.88. The molecule has 2 heterocycles. The SMILES string of the molecule is CCCOC(=O)c1c(NC(=O)Cn2nc(C(F)F)c(Cl)c2C2CC2)sc(C(=O)OC)c1C. The normalized spacial score (nSPS) is 13.3. The molecule has 1 saturated carbocycles. The molecule has 0 saturated heterocycles. The summed E-state index contributed by atoms with van der Waals surface area (Å²) in [6, 6.07) is 0. The standard InChI is InChI=1S/C20H22ClF2N3O5S/c1-4-7-31-19(28)12-9(2)16(20(29)30-3)32-18(12)24-11(27)8-26-15(10-5-6-10)13(21)14(25-26)17(22)23/h10,17H,4-8H2,1-3H3,(H,24,27). The molecule has 8 nitrogen and oxygen atoms in total. The summed E-state index contributed by atoms with van der Waals surface area (Å²) >= 11 is 6.96. The van der Waals surface area contributed by atoms with E-state index >= 15 is 0 Å². The van der Waals surface area contributed by atoms with Crippen molar-refractivity contribution in [1.29, 1.82) is 0 Å². The lowest BCUT2D eigenvalue weighted by molar-refractivity contribution is -0.116. The number of rotatable bonds is 9. The fourth-order valence-electron chi connectivity index (χ4n) is 3.18. The number of esters is 2. The Hall–Kier alpha value is -2.53. The highest BCUT2D eigenvalue weighted by atomic mass is 35.5. The van der Waals surface area contributed by atoms with Crippen LogP contribution in [0.3, 0.4) is 0 Å². The van der Waals surface area contributed by atoms with E-state index in [1.165, 1.54) is 11.8 Å². The van der Waals surface area contributed by atoms with Crippen LogP contribution in [-0.2, 0) is 20.8 Å². The molecule has 1 amide bonds. The quantitative estimate of drug-likeness (QED) is 0.512. The molecule has 3 rings (SSSR count). The van der Waals surface area contributed by atoms with Crippen LogP contribution in [0.25, 0.3) is 0 Å². The number of amides is 1. The third-order valence-corrected chi connectivity index (χ3v) is 6.41. The summed E-state index contributed by atoms with van der Waals surface area (Å²) in [4.78, 5) is 37.5. The number of thiophene rings is 1. The molecule has 32 heavy (non-hydrogen) atoms. The van der Waals surface area contributed by atoms with Gasteiger partial charge in [-0.05, 0) is 31.7 Å². The maximum absolute atomic E-state index is 13.2. The summed E-state index contributed by atoms with van der Waals surface area (Å²) in [5.74, 6) is -1.99. The van der Waals surface area contributed by atoms with Gasteiger partial charge in [0.2, 0.25) is 5.91 Å². The van der Waals surface area contributed by atoms with Crippen molar-refractivity contribution in [2.75, 3.05) is 19.0 Å². The third kappa shape index (κ3) is 4.93. The van der Waals surface area contributed by atoms with E-state index in [1.807, 2.05) is 6.92 Å². The number of nitrogens with one attached hydrogen (secondary N) is 1. The van der Waals surface area contributed by atoms with Gasteiger partial charge in [-0.2, -0.15) is 5.10 Å². The molecule has 12 heteroatoms. The molecule has 2 aromatic rings. The molecule has 0 aliphatic heterocycles. The van der Waals surface area contributed by atoms with Gasteiger partial charge in [-0.1, -0.05) is 18.5 Å². The Bertz CT molecular complexity index is 1050. The van der Waals surface area contributed by atoms with E-state index in [0.29, 0.717) is 17.7 Å². The van der Waals surface area contributed by atoms with Gasteiger partial charge in [-0.25, -0.2) is 18.4 Å². The second-order valence-electron chi connectivity index (χ2n) is 7.25. The van der Waals surface area contributed by atoms with Gasteiger partial charge in [0.25, 0.3) is 6.43 Å². The molecule has 1 fully saturated rings. The first kappa shape index (κ1) is 24.1. The first-order valence-electron chi connectivity index (χ1n) is 9.92. The van der Waals surface area contributed by atoms with Crippen LogP contribution in [-0.4, -0.2) is 41.3 Å². The molecule has 0 bridgehead atoms. The summed E-state index contributed by atoms with van der Waals surface area (Å²) in [6.07, 6.45) is -0.727. The Labute approximate surface area is 191 Å². The molecule has 0 atom stereocenters. The van der Waals surface area contributed by atoms with E-state index in [0.717, 1.165) is 24.2 Å². The minimum absolute atomic E-state index is 0.0233. The molecule has 0 spiro atoms. The highest BCUT2D eigenvalue weighted by Crippen LogP contribution is 2.45. The van der Waals surface area contributed by atoms with E-state index in [1.54, 1.807) is 6.92 Å². The number of hydrogen-bond acceptors (Lipinski definition) is 7. The highest BCUT2D eigenvalue weighted by Gasteiger charge is 2.34. The second kappa shape index (κ2) is 9.95. The van der Waals surface area contributed by atoms with Crippen LogP contribution in [0, 0.1) is 6.92 Å². The Morgan fingerprint density at radius 1 is 1.31 bits per heavy atom. The Morgan fingerprint density at radius 3 is 2.56 bits per heavy atom. The highest BCUT2D eigenvalue weighted by molar-refractivity contribution is 7.18. The zero-order valence-electron chi connectivity index (χ0n) is 17.7. The second-order valence-corrected chi connectivity index (χ2v) is 8.65. The number of nitrogens with zero attached hydrogens (tertiary/aromatic N) is 2. The van der Waals surface area contributed by atoms with Crippen molar-refractivity contribution in [3.8, 4) is 0 Å². The number of hydrogen-bond donors (Lipinski definition) is 1.